The second-order valence-electron chi connectivity index (χ2n) is 2.48. The Morgan fingerprint density at radius 3 is 2.17 bits per heavy atom. The van der Waals surface area contributed by atoms with Gasteiger partial charge < -0.3 is 25.5 Å². The van der Waals surface area contributed by atoms with E-state index in [1.807, 2.05) is 0 Å². The number of rotatable bonds is 5. The number of aliphatic hydroxyl groups excluding tert-OH is 3. The van der Waals surface area contributed by atoms with E-state index in [4.69, 9.17) is 20.4 Å². The van der Waals surface area contributed by atoms with Gasteiger partial charge >= 0.3 is 5.97 Å². The maximum atomic E-state index is 10.2. The van der Waals surface area contributed by atoms with Gasteiger partial charge in [-0.3, -0.25) is 0 Å². The number of aliphatic hydroxyl groups is 4. The molecule has 0 rings (SSSR count). The summed E-state index contributed by atoms with van der Waals surface area (Å²) in [6, 6.07) is 0. The highest BCUT2D eigenvalue weighted by atomic mass is 16.4. The smallest absolute Gasteiger partial charge is 0.335 e. The minimum Gasteiger partial charge on any atom is -0.479 e. The van der Waals surface area contributed by atoms with Crippen molar-refractivity contribution in [2.75, 3.05) is 13.2 Å². The summed E-state index contributed by atoms with van der Waals surface area (Å²) in [6.07, 6.45) is -2.48. The second-order valence-corrected chi connectivity index (χ2v) is 2.48. The summed E-state index contributed by atoms with van der Waals surface area (Å²) in [5, 5.41) is 43.3. The van der Waals surface area contributed by atoms with Crippen LogP contribution in [-0.4, -0.2) is 56.4 Å². The van der Waals surface area contributed by atoms with Crippen LogP contribution in [0.15, 0.2) is 0 Å². The summed E-state index contributed by atoms with van der Waals surface area (Å²) in [5.74, 6) is -1.64. The Hall–Kier alpha value is -0.690. The van der Waals surface area contributed by atoms with Crippen LogP contribution in [0.4, 0.5) is 0 Å². The number of carboxylic acid groups (broad SMARTS) is 1. The number of hydrogen-bond acceptors (Lipinski definition) is 5. The van der Waals surface area contributed by atoms with Gasteiger partial charge in [0.25, 0.3) is 0 Å². The molecule has 0 aromatic heterocycles. The molecule has 0 aromatic rings. The molecule has 0 aliphatic rings. The molecular formula is C6H12O6. The normalized spacial score (nSPS) is 18.3. The van der Waals surface area contributed by atoms with Gasteiger partial charge in [0.05, 0.1) is 6.61 Å². The average Bonchev–Trinajstić information content (AvgIpc) is 2.03. The van der Waals surface area contributed by atoms with Crippen LogP contribution in [-0.2, 0) is 4.79 Å². The van der Waals surface area contributed by atoms with Gasteiger partial charge in [-0.15, -0.1) is 0 Å². The van der Waals surface area contributed by atoms with Crippen LogP contribution in [0.25, 0.3) is 0 Å². The molecule has 0 saturated carbocycles. The van der Waals surface area contributed by atoms with E-state index in [2.05, 4.69) is 0 Å². The third kappa shape index (κ3) is 2.42. The fourth-order valence-electron chi connectivity index (χ4n) is 0.726. The van der Waals surface area contributed by atoms with Gasteiger partial charge in [0.2, 0.25) is 0 Å². The maximum Gasteiger partial charge on any atom is 0.335 e. The highest BCUT2D eigenvalue weighted by Gasteiger charge is 2.39. The van der Waals surface area contributed by atoms with E-state index in [1.165, 1.54) is 0 Å². The number of aliphatic carboxylic acids is 1. The van der Waals surface area contributed by atoms with Crippen molar-refractivity contribution >= 4 is 5.97 Å². The predicted octanol–water partition coefficient (Wildman–Crippen LogP) is -2.46. The molecule has 0 radical (unpaired) electrons. The summed E-state index contributed by atoms with van der Waals surface area (Å²) in [5.41, 5.74) is -2.17. The Morgan fingerprint density at radius 1 is 1.42 bits per heavy atom. The summed E-state index contributed by atoms with van der Waals surface area (Å²) in [6.45, 7) is -1.43. The molecule has 72 valence electrons. The van der Waals surface area contributed by atoms with Gasteiger partial charge in [0, 0.05) is 13.0 Å². The number of hydrogen-bond donors (Lipinski definition) is 5. The van der Waals surface area contributed by atoms with Crippen molar-refractivity contribution in [2.24, 2.45) is 0 Å². The highest BCUT2D eigenvalue weighted by molar-refractivity contribution is 5.73. The lowest BCUT2D eigenvalue weighted by Crippen LogP contribution is -2.50. The third-order valence-corrected chi connectivity index (χ3v) is 1.56. The van der Waals surface area contributed by atoms with Gasteiger partial charge in [-0.25, -0.2) is 4.79 Å². The van der Waals surface area contributed by atoms with Crippen molar-refractivity contribution in [3.8, 4) is 0 Å². The molecule has 6 heteroatoms. The van der Waals surface area contributed by atoms with E-state index in [0.29, 0.717) is 0 Å². The molecule has 0 aliphatic carbocycles. The van der Waals surface area contributed by atoms with Crippen molar-refractivity contribution < 1.29 is 30.3 Å². The topological polar surface area (TPSA) is 118 Å². The van der Waals surface area contributed by atoms with Crippen LogP contribution < -0.4 is 0 Å². The molecule has 0 amide bonds. The van der Waals surface area contributed by atoms with Crippen molar-refractivity contribution in [1.29, 1.82) is 0 Å². The molecule has 2 atom stereocenters. The quantitative estimate of drug-likeness (QED) is 0.320. The zero-order valence-corrected chi connectivity index (χ0v) is 6.34. The summed E-state index contributed by atoms with van der Waals surface area (Å²) < 4.78 is 0. The first-order valence-corrected chi connectivity index (χ1v) is 3.33. The zero-order valence-electron chi connectivity index (χ0n) is 6.34. The average molecular weight is 180 g/mol. The van der Waals surface area contributed by atoms with E-state index in [-0.39, 0.29) is 0 Å². The fourth-order valence-corrected chi connectivity index (χ4v) is 0.726. The van der Waals surface area contributed by atoms with Crippen molar-refractivity contribution in [3.05, 3.63) is 0 Å². The molecule has 0 heterocycles. The highest BCUT2D eigenvalue weighted by Crippen LogP contribution is 2.14. The Balaban J connectivity index is 4.38. The Labute approximate surface area is 68.7 Å². The second kappa shape index (κ2) is 4.36. The fraction of sp³-hybridized carbons (Fsp3) is 0.833. The number of carbonyl (C=O) groups is 1. The molecule has 0 saturated heterocycles. The first-order chi connectivity index (χ1) is 5.48. The first kappa shape index (κ1) is 11.3. The molecule has 5 N–H and O–H groups in total. The monoisotopic (exact) mass is 180 g/mol. The molecular weight excluding hydrogens is 168 g/mol. The van der Waals surface area contributed by atoms with Gasteiger partial charge in [-0.05, 0) is 0 Å². The van der Waals surface area contributed by atoms with Crippen molar-refractivity contribution in [3.63, 3.8) is 0 Å². The predicted molar refractivity (Wildman–Crippen MR) is 37.4 cm³/mol. The lowest BCUT2D eigenvalue weighted by molar-refractivity contribution is -0.170. The Kier molecular flexibility index (Phi) is 4.11. The summed E-state index contributed by atoms with van der Waals surface area (Å²) in [4.78, 5) is 10.2. The molecule has 0 aliphatic heterocycles. The first-order valence-electron chi connectivity index (χ1n) is 3.33. The van der Waals surface area contributed by atoms with Crippen molar-refractivity contribution in [1.82, 2.24) is 0 Å². The number of carboxylic acids is 1. The lowest BCUT2D eigenvalue weighted by Gasteiger charge is -2.27. The maximum absolute atomic E-state index is 10.2. The van der Waals surface area contributed by atoms with Gasteiger partial charge in [0.15, 0.2) is 6.10 Å². The third-order valence-electron chi connectivity index (χ3n) is 1.56. The van der Waals surface area contributed by atoms with Crippen LogP contribution in [0.5, 0.6) is 0 Å². The molecule has 2 unspecified atom stereocenters. The van der Waals surface area contributed by atoms with E-state index in [9.17, 15) is 9.90 Å². The molecule has 12 heavy (non-hydrogen) atoms. The molecule has 6 nitrogen and oxygen atoms in total. The van der Waals surface area contributed by atoms with Crippen LogP contribution in [0, 0.1) is 0 Å². The lowest BCUT2D eigenvalue weighted by atomic mass is 9.94. The van der Waals surface area contributed by atoms with Crippen LogP contribution in [0.3, 0.4) is 0 Å². The molecule has 0 fully saturated rings. The Bertz CT molecular complexity index is 158. The summed E-state index contributed by atoms with van der Waals surface area (Å²) >= 11 is 0. The van der Waals surface area contributed by atoms with Gasteiger partial charge in [-0.1, -0.05) is 0 Å². The van der Waals surface area contributed by atoms with E-state index < -0.39 is 37.3 Å². The van der Waals surface area contributed by atoms with Crippen LogP contribution in [0.1, 0.15) is 6.42 Å². The Morgan fingerprint density at radius 2 is 1.92 bits per heavy atom. The molecule has 0 aromatic carbocycles. The van der Waals surface area contributed by atoms with E-state index >= 15 is 0 Å². The minimum atomic E-state index is -2.17. The zero-order chi connectivity index (χ0) is 9.78. The van der Waals surface area contributed by atoms with Crippen LogP contribution in [0.2, 0.25) is 0 Å². The van der Waals surface area contributed by atoms with Gasteiger partial charge in [0.1, 0.15) is 5.60 Å². The van der Waals surface area contributed by atoms with E-state index in [1.54, 1.807) is 0 Å². The van der Waals surface area contributed by atoms with E-state index in [0.717, 1.165) is 0 Å². The standard InChI is InChI=1S/C6H12O6/c7-2-1-6(12,3-8)4(9)5(10)11/h4,7-9,12H,1-3H2,(H,10,11). The molecule has 0 bridgehead atoms. The summed E-state index contributed by atoms with van der Waals surface area (Å²) in [7, 11) is 0. The SMILES string of the molecule is O=C(O)C(O)C(O)(CO)CCO. The van der Waals surface area contributed by atoms with Crippen LogP contribution >= 0.6 is 0 Å². The van der Waals surface area contributed by atoms with Gasteiger partial charge in [-0.2, -0.15) is 0 Å². The minimum absolute atomic E-state index is 0.392. The largest absolute Gasteiger partial charge is 0.479 e. The van der Waals surface area contributed by atoms with Crippen molar-refractivity contribution in [2.45, 2.75) is 18.1 Å². The molecule has 0 spiro atoms.